The summed E-state index contributed by atoms with van der Waals surface area (Å²) in [6.07, 6.45) is 10.6. The molecule has 0 bridgehead atoms. The van der Waals surface area contributed by atoms with Crippen LogP contribution in [0.15, 0.2) is 71.7 Å². The van der Waals surface area contributed by atoms with E-state index in [-0.39, 0.29) is 29.4 Å². The molecule has 1 unspecified atom stereocenters. The quantitative estimate of drug-likeness (QED) is 0.229. The first-order valence-corrected chi connectivity index (χ1v) is 15.7. The van der Waals surface area contributed by atoms with Crippen molar-refractivity contribution in [2.45, 2.75) is 55.6 Å². The number of Topliss-reactive ketones (excluding diaryl/α,β-unsaturated/α-hetero) is 1. The molecular formula is C31H30F2N6O2S. The molecule has 2 fully saturated rings. The fourth-order valence-electron chi connectivity index (χ4n) is 6.64. The van der Waals surface area contributed by atoms with Crippen molar-refractivity contribution in [3.8, 4) is 5.69 Å². The molecule has 0 spiro atoms. The summed E-state index contributed by atoms with van der Waals surface area (Å²) in [5.74, 6) is 3.06. The molecule has 0 radical (unpaired) electrons. The van der Waals surface area contributed by atoms with Gasteiger partial charge in [-0.3, -0.25) is 14.5 Å². The van der Waals surface area contributed by atoms with Crippen molar-refractivity contribution in [1.29, 1.82) is 0 Å². The Balaban J connectivity index is 1.32. The number of benzene rings is 1. The van der Waals surface area contributed by atoms with Gasteiger partial charge in [-0.15, -0.1) is 0 Å². The number of ketones is 1. The van der Waals surface area contributed by atoms with E-state index < -0.39 is 20.9 Å². The topological polar surface area (TPSA) is 85.9 Å². The monoisotopic (exact) mass is 588 g/mol. The van der Waals surface area contributed by atoms with Crippen LogP contribution in [0.4, 0.5) is 8.78 Å². The molecular weight excluding hydrogens is 558 g/mol. The summed E-state index contributed by atoms with van der Waals surface area (Å²) >= 11 is 0. The van der Waals surface area contributed by atoms with Crippen LogP contribution < -0.4 is 0 Å². The van der Waals surface area contributed by atoms with Crippen LogP contribution in [-0.2, 0) is 23.2 Å². The predicted molar refractivity (Wildman–Crippen MR) is 155 cm³/mol. The van der Waals surface area contributed by atoms with Crippen LogP contribution in [0.3, 0.4) is 0 Å². The number of halogens is 2. The number of rotatable bonds is 7. The van der Waals surface area contributed by atoms with E-state index in [0.29, 0.717) is 36.4 Å². The fraction of sp³-hybridized carbons (Fsp3) is 0.323. The summed E-state index contributed by atoms with van der Waals surface area (Å²) in [5, 5.41) is 9.46. The van der Waals surface area contributed by atoms with Crippen LogP contribution in [0.2, 0.25) is 0 Å². The summed E-state index contributed by atoms with van der Waals surface area (Å²) in [5.41, 5.74) is 2.34. The fourth-order valence-corrected chi connectivity index (χ4v) is 8.74. The standard InChI is InChI=1S/C31H30F2N6O2S/c1-37-14-12-29(36-37)42(2,41)39(25-9-10-25)26-6-3-21-15-28-20(19-35-38(28)24-7-4-22(32)5-8-24)17-31(21,18-26)30(40)27-16-23(33)11-13-34-27/h4-5,7-8,11-16,19,25-26H,2-3,6,9-10,17-18H2,1H3/t26-,31-,42?/m0/s1. The van der Waals surface area contributed by atoms with Crippen molar-refractivity contribution < 1.29 is 17.8 Å². The lowest BCUT2D eigenvalue weighted by molar-refractivity contribution is 0.0736. The highest BCUT2D eigenvalue weighted by molar-refractivity contribution is 7.98. The number of carbonyl (C=O) groups is 1. The second kappa shape index (κ2) is 9.81. The van der Waals surface area contributed by atoms with E-state index in [0.717, 1.165) is 29.7 Å². The van der Waals surface area contributed by atoms with E-state index in [1.807, 2.05) is 10.4 Å². The van der Waals surface area contributed by atoms with Crippen LogP contribution in [-0.4, -0.2) is 56.8 Å². The normalized spacial score (nSPS) is 23.1. The highest BCUT2D eigenvalue weighted by Gasteiger charge is 2.53. The molecule has 11 heteroatoms. The summed E-state index contributed by atoms with van der Waals surface area (Å²) < 4.78 is 47.7. The van der Waals surface area contributed by atoms with Crippen LogP contribution in [0.5, 0.6) is 0 Å². The Morgan fingerprint density at radius 3 is 2.57 bits per heavy atom. The van der Waals surface area contributed by atoms with Crippen LogP contribution in [0.25, 0.3) is 11.8 Å². The molecule has 216 valence electrons. The zero-order valence-corrected chi connectivity index (χ0v) is 23.9. The van der Waals surface area contributed by atoms with Crippen LogP contribution in [0.1, 0.15) is 53.8 Å². The third-order valence-electron chi connectivity index (χ3n) is 8.72. The Bertz CT molecular complexity index is 1840. The van der Waals surface area contributed by atoms with E-state index in [2.05, 4.69) is 21.1 Å². The number of allylic oxidation sites excluding steroid dienone is 1. The molecule has 3 aromatic heterocycles. The summed E-state index contributed by atoms with van der Waals surface area (Å²) in [7, 11) is -1.15. The van der Waals surface area contributed by atoms with Gasteiger partial charge in [0.15, 0.2) is 10.8 Å². The molecule has 1 aromatic carbocycles. The molecule has 3 heterocycles. The molecule has 0 aliphatic heterocycles. The number of hydrogen-bond donors (Lipinski definition) is 0. The second-order valence-electron chi connectivity index (χ2n) is 11.5. The van der Waals surface area contributed by atoms with Gasteiger partial charge in [0.25, 0.3) is 0 Å². The number of fused-ring (bicyclic) bond motifs is 2. The van der Waals surface area contributed by atoms with Gasteiger partial charge in [0, 0.05) is 37.6 Å². The number of hydrogen-bond acceptors (Lipinski definition) is 5. The van der Waals surface area contributed by atoms with Gasteiger partial charge in [0.1, 0.15) is 17.3 Å². The molecule has 3 aliphatic rings. The maximum Gasteiger partial charge on any atom is 0.191 e. The number of nitrogens with zero attached hydrogens (tertiary/aromatic N) is 6. The average molecular weight is 589 g/mol. The average Bonchev–Trinajstić information content (AvgIpc) is 3.55. The van der Waals surface area contributed by atoms with Gasteiger partial charge in [0.05, 0.1) is 32.7 Å². The summed E-state index contributed by atoms with van der Waals surface area (Å²) in [6.45, 7) is 0. The lowest BCUT2D eigenvalue weighted by atomic mass is 9.60. The van der Waals surface area contributed by atoms with Crippen molar-refractivity contribution in [1.82, 2.24) is 28.9 Å². The molecule has 4 aromatic rings. The van der Waals surface area contributed by atoms with Crippen molar-refractivity contribution in [2.24, 2.45) is 12.5 Å². The minimum atomic E-state index is -2.93. The lowest BCUT2D eigenvalue weighted by Gasteiger charge is -2.47. The molecule has 0 saturated heterocycles. The molecule has 3 atom stereocenters. The van der Waals surface area contributed by atoms with Crippen molar-refractivity contribution >= 4 is 27.4 Å². The first-order valence-electron chi connectivity index (χ1n) is 14.0. The van der Waals surface area contributed by atoms with E-state index >= 15 is 0 Å². The van der Waals surface area contributed by atoms with Gasteiger partial charge in [-0.1, -0.05) is 5.57 Å². The van der Waals surface area contributed by atoms with Crippen LogP contribution >= 0.6 is 0 Å². The lowest BCUT2D eigenvalue weighted by Crippen LogP contribution is -2.51. The predicted octanol–water partition coefficient (Wildman–Crippen LogP) is 4.80. The van der Waals surface area contributed by atoms with Gasteiger partial charge in [0.2, 0.25) is 0 Å². The third-order valence-corrected chi connectivity index (χ3v) is 10.9. The molecule has 42 heavy (non-hydrogen) atoms. The minimum absolute atomic E-state index is 0.0639. The molecule has 0 N–H and O–H groups in total. The van der Waals surface area contributed by atoms with Crippen LogP contribution in [0, 0.1) is 17.0 Å². The maximum atomic E-state index is 14.4. The second-order valence-corrected chi connectivity index (χ2v) is 13.6. The zero-order chi connectivity index (χ0) is 29.2. The smallest absolute Gasteiger partial charge is 0.191 e. The molecule has 3 aliphatic carbocycles. The van der Waals surface area contributed by atoms with Crippen molar-refractivity contribution in [3.05, 3.63) is 95.2 Å². The summed E-state index contributed by atoms with van der Waals surface area (Å²) in [6, 6.07) is 10.1. The van der Waals surface area contributed by atoms with Gasteiger partial charge in [-0.25, -0.2) is 22.0 Å². The molecule has 8 nitrogen and oxygen atoms in total. The minimum Gasteiger partial charge on any atom is -0.291 e. The Morgan fingerprint density at radius 2 is 1.88 bits per heavy atom. The highest BCUT2D eigenvalue weighted by atomic mass is 32.2. The highest BCUT2D eigenvalue weighted by Crippen LogP contribution is 2.52. The molecule has 2 saturated carbocycles. The van der Waals surface area contributed by atoms with E-state index in [1.165, 1.54) is 30.5 Å². The summed E-state index contributed by atoms with van der Waals surface area (Å²) in [4.78, 5) is 18.7. The van der Waals surface area contributed by atoms with Gasteiger partial charge in [-0.2, -0.15) is 10.2 Å². The van der Waals surface area contributed by atoms with E-state index in [4.69, 9.17) is 0 Å². The van der Waals surface area contributed by atoms with Gasteiger partial charge in [-0.05, 0) is 92.4 Å². The Hall–Kier alpha value is -3.96. The number of aromatic nitrogens is 5. The number of aryl methyl sites for hydroxylation is 1. The number of carbonyl (C=O) groups excluding carboxylic acids is 1. The first-order chi connectivity index (χ1) is 20.2. The Kier molecular flexibility index (Phi) is 6.28. The van der Waals surface area contributed by atoms with Gasteiger partial charge < -0.3 is 0 Å². The maximum absolute atomic E-state index is 14.4. The Morgan fingerprint density at radius 1 is 1.10 bits per heavy atom. The first kappa shape index (κ1) is 26.9. The number of pyridine rings is 1. The zero-order valence-electron chi connectivity index (χ0n) is 23.1. The van der Waals surface area contributed by atoms with E-state index in [1.54, 1.807) is 47.0 Å². The third kappa shape index (κ3) is 4.42. The SMILES string of the molecule is C=S(=O)(c1ccn(C)n1)N(C1CC1)[C@H]1CCC2=Cc3c(cnn3-c3ccc(F)cc3)C[C@]2(C(=O)c2cc(F)ccn2)C1. The largest absolute Gasteiger partial charge is 0.291 e. The van der Waals surface area contributed by atoms with E-state index in [9.17, 15) is 17.8 Å². The molecule has 7 rings (SSSR count). The van der Waals surface area contributed by atoms with Gasteiger partial charge >= 0.3 is 0 Å². The molecule has 0 amide bonds. The van der Waals surface area contributed by atoms with Crippen molar-refractivity contribution in [2.75, 3.05) is 0 Å². The Labute approximate surface area is 242 Å². The van der Waals surface area contributed by atoms with Crippen molar-refractivity contribution in [3.63, 3.8) is 0 Å².